The van der Waals surface area contributed by atoms with Crippen molar-refractivity contribution in [3.8, 4) is 5.75 Å². The van der Waals surface area contributed by atoms with Crippen LogP contribution in [0, 0.1) is 13.8 Å². The van der Waals surface area contributed by atoms with Gasteiger partial charge in [-0.25, -0.2) is 0 Å². The first-order valence-electron chi connectivity index (χ1n) is 6.72. The number of halogens is 1. The number of aryl methyl sites for hydroxylation is 2. The molecule has 1 N–H and O–H groups in total. The zero-order valence-electron chi connectivity index (χ0n) is 12.2. The maximum atomic E-state index is 6.15. The van der Waals surface area contributed by atoms with E-state index in [1.165, 1.54) is 5.56 Å². The largest absolute Gasteiger partial charge is 0.489 e. The topological polar surface area (TPSA) is 21.3 Å². The van der Waals surface area contributed by atoms with E-state index in [2.05, 4.69) is 29.6 Å². The molecule has 0 unspecified atom stereocenters. The van der Waals surface area contributed by atoms with E-state index in [-0.39, 0.29) is 0 Å². The van der Waals surface area contributed by atoms with Crippen LogP contribution >= 0.6 is 11.6 Å². The Labute approximate surface area is 125 Å². The van der Waals surface area contributed by atoms with Crippen LogP contribution in [0.25, 0.3) is 0 Å². The number of ether oxygens (including phenoxy) is 1. The van der Waals surface area contributed by atoms with Gasteiger partial charge in [0.25, 0.3) is 0 Å². The van der Waals surface area contributed by atoms with Gasteiger partial charge in [-0.3, -0.25) is 0 Å². The fraction of sp³-hybridized carbons (Fsp3) is 0.294. The van der Waals surface area contributed by atoms with E-state index in [4.69, 9.17) is 16.3 Å². The van der Waals surface area contributed by atoms with E-state index < -0.39 is 0 Å². The number of hydrogen-bond donors (Lipinski definition) is 1. The third-order valence-corrected chi connectivity index (χ3v) is 3.82. The first kappa shape index (κ1) is 14.9. The summed E-state index contributed by atoms with van der Waals surface area (Å²) in [5, 5.41) is 3.95. The summed E-state index contributed by atoms with van der Waals surface area (Å²) in [6.45, 7) is 5.44. The van der Waals surface area contributed by atoms with Crippen LogP contribution in [0.1, 0.15) is 22.3 Å². The highest BCUT2D eigenvalue weighted by Gasteiger charge is 2.04. The highest BCUT2D eigenvalue weighted by molar-refractivity contribution is 6.32. The quantitative estimate of drug-likeness (QED) is 0.888. The number of nitrogens with one attached hydrogen (secondary N) is 1. The lowest BCUT2D eigenvalue weighted by atomic mass is 10.1. The van der Waals surface area contributed by atoms with E-state index in [0.29, 0.717) is 6.61 Å². The maximum Gasteiger partial charge on any atom is 0.120 e. The Kier molecular flexibility index (Phi) is 5.05. The normalized spacial score (nSPS) is 10.6. The van der Waals surface area contributed by atoms with Gasteiger partial charge in [-0.2, -0.15) is 0 Å². The molecule has 0 atom stereocenters. The van der Waals surface area contributed by atoms with Crippen molar-refractivity contribution in [2.24, 2.45) is 0 Å². The van der Waals surface area contributed by atoms with Gasteiger partial charge in [0.1, 0.15) is 12.4 Å². The number of hydrogen-bond acceptors (Lipinski definition) is 2. The van der Waals surface area contributed by atoms with Crippen LogP contribution in [0.2, 0.25) is 5.02 Å². The molecule has 0 aliphatic carbocycles. The molecule has 2 aromatic carbocycles. The van der Waals surface area contributed by atoms with Crippen LogP contribution in [-0.2, 0) is 13.2 Å². The lowest BCUT2D eigenvalue weighted by Crippen LogP contribution is -2.05. The first-order valence-corrected chi connectivity index (χ1v) is 7.10. The van der Waals surface area contributed by atoms with E-state index >= 15 is 0 Å². The molecule has 2 aromatic rings. The molecule has 0 heterocycles. The molecule has 0 amide bonds. The Morgan fingerprint density at radius 3 is 2.10 bits per heavy atom. The number of benzene rings is 2. The second-order valence-corrected chi connectivity index (χ2v) is 5.38. The fourth-order valence-electron chi connectivity index (χ4n) is 2.11. The second kappa shape index (κ2) is 6.78. The van der Waals surface area contributed by atoms with Gasteiger partial charge in [-0.15, -0.1) is 0 Å². The fourth-order valence-corrected chi connectivity index (χ4v) is 2.22. The maximum absolute atomic E-state index is 6.15. The molecular weight excluding hydrogens is 270 g/mol. The number of rotatable bonds is 5. The summed E-state index contributed by atoms with van der Waals surface area (Å²) in [6.07, 6.45) is 0. The van der Waals surface area contributed by atoms with Crippen molar-refractivity contribution in [2.75, 3.05) is 7.05 Å². The van der Waals surface area contributed by atoms with Crippen molar-refractivity contribution in [1.29, 1.82) is 0 Å². The molecule has 0 fully saturated rings. The molecule has 0 aromatic heterocycles. The highest BCUT2D eigenvalue weighted by Crippen LogP contribution is 2.26. The summed E-state index contributed by atoms with van der Waals surface area (Å²) < 4.78 is 5.83. The lowest BCUT2D eigenvalue weighted by molar-refractivity contribution is 0.306. The van der Waals surface area contributed by atoms with Gasteiger partial charge in [0, 0.05) is 11.6 Å². The molecule has 2 rings (SSSR count). The van der Waals surface area contributed by atoms with Crippen molar-refractivity contribution < 1.29 is 4.74 Å². The van der Waals surface area contributed by atoms with Crippen LogP contribution in [0.15, 0.2) is 36.4 Å². The average molecular weight is 290 g/mol. The van der Waals surface area contributed by atoms with Gasteiger partial charge in [0.05, 0.1) is 0 Å². The summed E-state index contributed by atoms with van der Waals surface area (Å²) in [7, 11) is 1.95. The molecular formula is C17H20ClNO. The van der Waals surface area contributed by atoms with Crippen molar-refractivity contribution in [2.45, 2.75) is 27.0 Å². The van der Waals surface area contributed by atoms with E-state index in [1.807, 2.05) is 33.0 Å². The van der Waals surface area contributed by atoms with Crippen molar-refractivity contribution in [1.82, 2.24) is 5.32 Å². The molecule has 0 bridgehead atoms. The van der Waals surface area contributed by atoms with Gasteiger partial charge in [-0.05, 0) is 55.3 Å². The Morgan fingerprint density at radius 2 is 1.55 bits per heavy atom. The SMILES string of the molecule is CNCc1ccc(COc2cc(C)c(Cl)c(C)c2)cc1. The Bertz CT molecular complexity index is 555. The molecule has 3 heteroatoms. The smallest absolute Gasteiger partial charge is 0.120 e. The molecule has 0 radical (unpaired) electrons. The summed E-state index contributed by atoms with van der Waals surface area (Å²) >= 11 is 6.15. The lowest BCUT2D eigenvalue weighted by Gasteiger charge is -2.10. The summed E-state index contributed by atoms with van der Waals surface area (Å²) in [5.41, 5.74) is 4.53. The molecule has 0 spiro atoms. The van der Waals surface area contributed by atoms with Crippen molar-refractivity contribution in [3.05, 3.63) is 63.7 Å². The molecule has 0 aliphatic heterocycles. The van der Waals surface area contributed by atoms with E-state index in [9.17, 15) is 0 Å². The predicted molar refractivity (Wildman–Crippen MR) is 84.5 cm³/mol. The zero-order valence-corrected chi connectivity index (χ0v) is 12.9. The van der Waals surface area contributed by atoms with E-state index in [0.717, 1.165) is 34.0 Å². The summed E-state index contributed by atoms with van der Waals surface area (Å²) in [5.74, 6) is 0.865. The Balaban J connectivity index is 2.01. The predicted octanol–water partition coefficient (Wildman–Crippen LogP) is 4.26. The van der Waals surface area contributed by atoms with Crippen LogP contribution in [0.4, 0.5) is 0 Å². The monoisotopic (exact) mass is 289 g/mol. The zero-order chi connectivity index (χ0) is 14.5. The van der Waals surface area contributed by atoms with Gasteiger partial charge in [-0.1, -0.05) is 35.9 Å². The van der Waals surface area contributed by atoms with E-state index in [1.54, 1.807) is 0 Å². The second-order valence-electron chi connectivity index (χ2n) is 5.01. The summed E-state index contributed by atoms with van der Waals surface area (Å²) in [6, 6.07) is 12.4. The minimum atomic E-state index is 0.570. The van der Waals surface area contributed by atoms with Crippen molar-refractivity contribution in [3.63, 3.8) is 0 Å². The Hall–Kier alpha value is -1.51. The average Bonchev–Trinajstić information content (AvgIpc) is 2.44. The van der Waals surface area contributed by atoms with Crippen LogP contribution in [0.5, 0.6) is 5.75 Å². The van der Waals surface area contributed by atoms with Gasteiger partial charge >= 0.3 is 0 Å². The molecule has 0 saturated heterocycles. The standard InChI is InChI=1S/C17H20ClNO/c1-12-8-16(9-13(2)17(12)18)20-11-15-6-4-14(5-7-15)10-19-3/h4-9,19H,10-11H2,1-3H3. The molecule has 2 nitrogen and oxygen atoms in total. The molecule has 0 saturated carbocycles. The van der Waals surface area contributed by atoms with Crippen LogP contribution in [-0.4, -0.2) is 7.05 Å². The minimum Gasteiger partial charge on any atom is -0.489 e. The van der Waals surface area contributed by atoms with Gasteiger partial charge < -0.3 is 10.1 Å². The van der Waals surface area contributed by atoms with Gasteiger partial charge in [0.2, 0.25) is 0 Å². The summed E-state index contributed by atoms with van der Waals surface area (Å²) in [4.78, 5) is 0. The first-order chi connectivity index (χ1) is 9.60. The van der Waals surface area contributed by atoms with Crippen LogP contribution < -0.4 is 10.1 Å². The molecule has 106 valence electrons. The third-order valence-electron chi connectivity index (χ3n) is 3.22. The van der Waals surface area contributed by atoms with Gasteiger partial charge in [0.15, 0.2) is 0 Å². The highest BCUT2D eigenvalue weighted by atomic mass is 35.5. The molecule has 20 heavy (non-hydrogen) atoms. The Morgan fingerprint density at radius 1 is 1.00 bits per heavy atom. The molecule has 0 aliphatic rings. The third kappa shape index (κ3) is 3.75. The van der Waals surface area contributed by atoms with Crippen LogP contribution in [0.3, 0.4) is 0 Å². The van der Waals surface area contributed by atoms with Crippen molar-refractivity contribution >= 4 is 11.6 Å². The minimum absolute atomic E-state index is 0.570.